The summed E-state index contributed by atoms with van der Waals surface area (Å²) in [5, 5.41) is 14.8. The lowest BCUT2D eigenvalue weighted by atomic mass is 9.80. The number of fused-ring (bicyclic) bond motifs is 29. The Hall–Kier alpha value is -16.4. The van der Waals surface area contributed by atoms with Crippen LogP contribution in [0.3, 0.4) is 0 Å². The van der Waals surface area contributed by atoms with E-state index in [4.69, 9.17) is 8.83 Å². The SMILES string of the molecule is CC1(C)c2ccccc2-c2ccc(N(c3ccc(-c4ccccc4)cc3)c3ccc4oc5cc6ccccc6cc5c4c3)cc21.CC1(C)c2ccccc2-c2ccc(N(c3ccc4c(c3)C(C)(C)c3ccccc3-4)c3ccc4c(c3)C(C)(C)c3c-4ccc4ccccc34)cc21.CC1(C)c2ccccc2-c2ccc(N(c3ccc4c(ccc5c6ccccc6sc45)c3)c3ccc4oc5ccccc5c4c3)cc21. The first-order valence-corrected chi connectivity index (χ1v) is 50.3. The smallest absolute Gasteiger partial charge is 0.136 e. The van der Waals surface area contributed by atoms with Crippen LogP contribution in [0, 0.1) is 0 Å². The molecule has 0 amide bonds. The summed E-state index contributed by atoms with van der Waals surface area (Å²) >= 11 is 1.88. The van der Waals surface area contributed by atoms with E-state index >= 15 is 0 Å². The zero-order valence-corrected chi connectivity index (χ0v) is 81.4. The minimum atomic E-state index is -0.143. The van der Waals surface area contributed by atoms with Crippen molar-refractivity contribution in [1.29, 1.82) is 0 Å². The van der Waals surface area contributed by atoms with Gasteiger partial charge in [-0.2, -0.15) is 0 Å². The Morgan fingerprint density at radius 2 is 0.504 bits per heavy atom. The number of hydrogen-bond acceptors (Lipinski definition) is 6. The molecule has 0 atom stereocenters. The van der Waals surface area contributed by atoms with Crippen LogP contribution in [0.15, 0.2) is 440 Å². The predicted molar refractivity (Wildman–Crippen MR) is 597 cm³/mol. The zero-order chi connectivity index (χ0) is 94.8. The molecule has 0 aliphatic heterocycles. The third-order valence-electron chi connectivity index (χ3n) is 32.1. The molecule has 674 valence electrons. The molecular formula is C135H101N3O2S. The molecule has 0 saturated carbocycles. The highest BCUT2D eigenvalue weighted by atomic mass is 32.1. The molecule has 3 aromatic heterocycles. The Balaban J connectivity index is 0.000000106. The van der Waals surface area contributed by atoms with Crippen LogP contribution in [0.2, 0.25) is 0 Å². The van der Waals surface area contributed by atoms with E-state index < -0.39 is 0 Å². The maximum Gasteiger partial charge on any atom is 0.136 e. The van der Waals surface area contributed by atoms with Crippen molar-refractivity contribution in [2.75, 3.05) is 14.7 Å². The fourth-order valence-electron chi connectivity index (χ4n) is 24.9. The summed E-state index contributed by atoms with van der Waals surface area (Å²) in [6.45, 7) is 23.7. The van der Waals surface area contributed by atoms with Gasteiger partial charge in [0.2, 0.25) is 0 Å². The summed E-state index contributed by atoms with van der Waals surface area (Å²) in [7, 11) is 0. The quantitative estimate of drug-likeness (QED) is 0.136. The lowest BCUT2D eigenvalue weighted by Crippen LogP contribution is -2.19. The normalized spacial score (nSPS) is 14.5. The van der Waals surface area contributed by atoms with E-state index in [9.17, 15) is 0 Å². The first kappa shape index (κ1) is 83.9. The highest BCUT2D eigenvalue weighted by molar-refractivity contribution is 7.26. The van der Waals surface area contributed by atoms with Gasteiger partial charge in [0, 0.05) is 120 Å². The van der Waals surface area contributed by atoms with Gasteiger partial charge < -0.3 is 23.5 Å². The number of furan rings is 2. The van der Waals surface area contributed by atoms with Crippen molar-refractivity contribution in [2.24, 2.45) is 0 Å². The van der Waals surface area contributed by atoms with Crippen LogP contribution >= 0.6 is 11.3 Å². The Morgan fingerprint density at radius 1 is 0.177 bits per heavy atom. The summed E-state index contributed by atoms with van der Waals surface area (Å²) in [6, 6.07) is 159. The van der Waals surface area contributed by atoms with Crippen molar-refractivity contribution in [3.63, 3.8) is 0 Å². The molecule has 29 rings (SSSR count). The monoisotopic (exact) mass is 1830 g/mol. The maximum absolute atomic E-state index is 6.38. The fraction of sp³-hybridized carbons (Fsp3) is 0.111. The van der Waals surface area contributed by atoms with Gasteiger partial charge in [-0.1, -0.05) is 354 Å². The van der Waals surface area contributed by atoms with Crippen LogP contribution in [0.25, 0.3) is 163 Å². The van der Waals surface area contributed by atoms with Gasteiger partial charge >= 0.3 is 0 Å². The van der Waals surface area contributed by atoms with Crippen LogP contribution in [0.1, 0.15) is 125 Å². The molecule has 21 aromatic carbocycles. The summed E-state index contributed by atoms with van der Waals surface area (Å²) in [6.07, 6.45) is 0. The first-order chi connectivity index (χ1) is 68.6. The fourth-order valence-corrected chi connectivity index (χ4v) is 26.1. The van der Waals surface area contributed by atoms with Crippen molar-refractivity contribution >= 4 is 159 Å². The van der Waals surface area contributed by atoms with E-state index in [0.717, 1.165) is 78.0 Å². The number of hydrogen-bond donors (Lipinski definition) is 0. The highest BCUT2D eigenvalue weighted by Gasteiger charge is 2.43. The predicted octanol–water partition coefficient (Wildman–Crippen LogP) is 38.3. The molecule has 5 aliphatic rings. The molecule has 0 fully saturated rings. The van der Waals surface area contributed by atoms with E-state index in [1.165, 1.54) is 192 Å². The molecule has 24 aromatic rings. The molecule has 0 radical (unpaired) electrons. The third-order valence-corrected chi connectivity index (χ3v) is 33.3. The second-order valence-electron chi connectivity index (χ2n) is 41.8. The van der Waals surface area contributed by atoms with Crippen LogP contribution in [-0.2, 0) is 27.1 Å². The summed E-state index contributed by atoms with van der Waals surface area (Å²) in [5.74, 6) is 0. The standard InChI is InChI=1S/C49H41N.C43H29NOS.C43H31NO/c1-47(2)41-17-11-9-15-35(41)37-24-20-31(27-43(37)47)50(32-21-25-38-36-16-10-12-18-42(36)48(3,4)44(38)28-32)33-22-26-39-40-23-19-30-13-7-8-14-34(30)46(40)49(5,6)45(39)29-33;1-43(2)37-12-6-3-9-31(37)32-21-17-29(25-38(32)43)44(28-18-22-40-36(24-28)33-10-4-7-13-39(33)45-40)27-16-20-30-26(23-27)15-19-35-34-11-5-8-14-41(34)46-42(30)35;1-43(2)39-15-9-8-14-35(39)36-22-20-34(27-40(36)43)44(32-18-16-29(17-19-32)28-10-4-3-5-11-28)33-21-23-41-38(26-33)37-24-30-12-6-7-13-31(30)25-42(37)45-41/h7-29H,1-6H3;3-25H,1-2H3;3-27H,1-2H3. The van der Waals surface area contributed by atoms with Crippen molar-refractivity contribution in [1.82, 2.24) is 0 Å². The molecule has 6 heteroatoms. The zero-order valence-electron chi connectivity index (χ0n) is 80.6. The van der Waals surface area contributed by atoms with Gasteiger partial charge in [-0.25, -0.2) is 0 Å². The molecule has 3 heterocycles. The number of para-hydroxylation sites is 1. The average Bonchev–Trinajstić information content (AvgIpc) is 1.55. The average molecular weight is 1830 g/mol. The molecule has 0 bridgehead atoms. The summed E-state index contributed by atoms with van der Waals surface area (Å²) < 4.78 is 15.3. The lowest BCUT2D eigenvalue weighted by Gasteiger charge is -2.31. The molecule has 0 unspecified atom stereocenters. The van der Waals surface area contributed by atoms with E-state index in [-0.39, 0.29) is 27.1 Å². The minimum Gasteiger partial charge on any atom is -0.456 e. The topological polar surface area (TPSA) is 36.0 Å². The Morgan fingerprint density at radius 3 is 1.02 bits per heavy atom. The third kappa shape index (κ3) is 13.0. The number of thiophene rings is 1. The number of rotatable bonds is 10. The molecule has 141 heavy (non-hydrogen) atoms. The molecule has 5 nitrogen and oxygen atoms in total. The van der Waals surface area contributed by atoms with E-state index in [0.29, 0.717) is 0 Å². The molecule has 5 aliphatic carbocycles. The largest absolute Gasteiger partial charge is 0.456 e. The summed E-state index contributed by atoms with van der Waals surface area (Å²) in [4.78, 5) is 7.30. The van der Waals surface area contributed by atoms with Gasteiger partial charge in [-0.15, -0.1) is 11.3 Å². The molecular weight excluding hydrogens is 1730 g/mol. The molecule has 0 N–H and O–H groups in total. The van der Waals surface area contributed by atoms with E-state index in [1.54, 1.807) is 0 Å². The lowest BCUT2D eigenvalue weighted by molar-refractivity contribution is 0.660. The Kier molecular flexibility index (Phi) is 18.6. The minimum absolute atomic E-state index is 0.0855. The van der Waals surface area contributed by atoms with Crippen LogP contribution in [-0.4, -0.2) is 0 Å². The van der Waals surface area contributed by atoms with Crippen molar-refractivity contribution in [3.8, 4) is 66.8 Å². The van der Waals surface area contributed by atoms with Crippen LogP contribution in [0.4, 0.5) is 51.2 Å². The van der Waals surface area contributed by atoms with Gasteiger partial charge in [-0.3, -0.25) is 0 Å². The van der Waals surface area contributed by atoms with E-state index in [2.05, 4.69) is 503 Å². The van der Waals surface area contributed by atoms with Crippen LogP contribution in [0.5, 0.6) is 0 Å². The van der Waals surface area contributed by atoms with Crippen LogP contribution < -0.4 is 14.7 Å². The number of anilines is 9. The van der Waals surface area contributed by atoms with Gasteiger partial charge in [0.15, 0.2) is 0 Å². The first-order valence-electron chi connectivity index (χ1n) is 49.5. The number of benzene rings is 21. The van der Waals surface area contributed by atoms with Crippen molar-refractivity contribution in [3.05, 3.63) is 486 Å². The Labute approximate surface area is 825 Å². The second kappa shape index (κ2) is 31.3. The van der Waals surface area contributed by atoms with Gasteiger partial charge in [0.25, 0.3) is 0 Å². The molecule has 0 spiro atoms. The molecule has 0 saturated heterocycles. The maximum atomic E-state index is 6.38. The van der Waals surface area contributed by atoms with E-state index in [1.807, 2.05) is 23.5 Å². The van der Waals surface area contributed by atoms with Gasteiger partial charge in [0.05, 0.1) is 0 Å². The Bertz CT molecular complexity index is 9270. The van der Waals surface area contributed by atoms with Gasteiger partial charge in [0.1, 0.15) is 22.3 Å². The highest BCUT2D eigenvalue weighted by Crippen LogP contribution is 2.60. The summed E-state index contributed by atoms with van der Waals surface area (Å²) in [5.41, 5.74) is 43.2. The van der Waals surface area contributed by atoms with Crippen molar-refractivity contribution in [2.45, 2.75) is 96.3 Å². The van der Waals surface area contributed by atoms with Crippen molar-refractivity contribution < 1.29 is 8.83 Å². The second-order valence-corrected chi connectivity index (χ2v) is 42.8. The number of nitrogens with zero attached hydrogens (tertiary/aromatic N) is 3. The van der Waals surface area contributed by atoms with Gasteiger partial charge in [-0.05, 0) is 300 Å².